The highest BCUT2D eigenvalue weighted by atomic mass is 16.5. The lowest BCUT2D eigenvalue weighted by atomic mass is 9.93. The molecule has 2 heterocycles. The van der Waals surface area contributed by atoms with Gasteiger partial charge in [-0.15, -0.1) is 0 Å². The second-order valence-corrected chi connectivity index (χ2v) is 5.90. The maximum atomic E-state index is 12.5. The number of piperidine rings is 1. The van der Waals surface area contributed by atoms with E-state index in [1.165, 1.54) is 12.8 Å². The summed E-state index contributed by atoms with van der Waals surface area (Å²) in [5.41, 5.74) is 1.32. The van der Waals surface area contributed by atoms with Crippen molar-refractivity contribution in [2.45, 2.75) is 25.7 Å². The van der Waals surface area contributed by atoms with E-state index in [-0.39, 0.29) is 5.78 Å². The zero-order chi connectivity index (χ0) is 15.4. The Labute approximate surface area is 130 Å². The highest BCUT2D eigenvalue weighted by Gasteiger charge is 2.17. The van der Waals surface area contributed by atoms with Crippen LogP contribution < -0.4 is 10.1 Å². The summed E-state index contributed by atoms with van der Waals surface area (Å²) in [4.78, 5) is 17.0. The van der Waals surface area contributed by atoms with Crippen LogP contribution >= 0.6 is 0 Å². The van der Waals surface area contributed by atoms with E-state index in [0.29, 0.717) is 23.8 Å². The summed E-state index contributed by atoms with van der Waals surface area (Å²) in [7, 11) is 1.63. The molecule has 0 saturated carbocycles. The standard InChI is InChI=1S/C18H22N2O2/c1-22-18-11-16(20-15-7-3-2-6-14(15)18)17(21)9-8-13-5-4-10-19-12-13/h2-3,6-7,11,13,19H,4-5,8-10,12H2,1H3. The molecule has 1 fully saturated rings. The van der Waals surface area contributed by atoms with E-state index >= 15 is 0 Å². The van der Waals surface area contributed by atoms with Crippen LogP contribution in [0.5, 0.6) is 5.75 Å². The molecule has 0 radical (unpaired) electrons. The van der Waals surface area contributed by atoms with Crippen LogP contribution in [0.3, 0.4) is 0 Å². The van der Waals surface area contributed by atoms with Crippen LogP contribution in [0.15, 0.2) is 30.3 Å². The molecule has 116 valence electrons. The Morgan fingerprint density at radius 2 is 2.27 bits per heavy atom. The topological polar surface area (TPSA) is 51.2 Å². The van der Waals surface area contributed by atoms with E-state index in [4.69, 9.17) is 4.74 Å². The second-order valence-electron chi connectivity index (χ2n) is 5.90. The van der Waals surface area contributed by atoms with E-state index in [1.54, 1.807) is 13.2 Å². The van der Waals surface area contributed by atoms with E-state index in [2.05, 4.69) is 10.3 Å². The third-order valence-corrected chi connectivity index (χ3v) is 4.36. The number of para-hydroxylation sites is 1. The van der Waals surface area contributed by atoms with Crippen LogP contribution in [0, 0.1) is 5.92 Å². The highest BCUT2D eigenvalue weighted by Crippen LogP contribution is 2.26. The molecule has 2 aromatic rings. The van der Waals surface area contributed by atoms with Gasteiger partial charge >= 0.3 is 0 Å². The first-order chi connectivity index (χ1) is 10.8. The first-order valence-electron chi connectivity index (χ1n) is 7.95. The second kappa shape index (κ2) is 6.88. The summed E-state index contributed by atoms with van der Waals surface area (Å²) in [5.74, 6) is 1.43. The zero-order valence-electron chi connectivity index (χ0n) is 13.0. The summed E-state index contributed by atoms with van der Waals surface area (Å²) in [6.45, 7) is 2.13. The fourth-order valence-corrected chi connectivity index (χ4v) is 3.09. The number of aromatic nitrogens is 1. The number of hydrogen-bond donors (Lipinski definition) is 1. The summed E-state index contributed by atoms with van der Waals surface area (Å²) in [6.07, 6.45) is 3.92. The predicted molar refractivity (Wildman–Crippen MR) is 87.5 cm³/mol. The maximum absolute atomic E-state index is 12.5. The van der Waals surface area contributed by atoms with Crippen LogP contribution in [0.1, 0.15) is 36.2 Å². The summed E-state index contributed by atoms with van der Waals surface area (Å²) in [5, 5.41) is 4.34. The van der Waals surface area contributed by atoms with Crippen molar-refractivity contribution < 1.29 is 9.53 Å². The Kier molecular flexibility index (Phi) is 4.68. The van der Waals surface area contributed by atoms with Crippen LogP contribution in [0.4, 0.5) is 0 Å². The van der Waals surface area contributed by atoms with Crippen LogP contribution in [0.25, 0.3) is 10.9 Å². The lowest BCUT2D eigenvalue weighted by molar-refractivity contribution is 0.0966. The normalized spacial score (nSPS) is 18.3. The average Bonchev–Trinajstić information content (AvgIpc) is 2.59. The van der Waals surface area contributed by atoms with Crippen molar-refractivity contribution >= 4 is 16.7 Å². The molecule has 1 saturated heterocycles. The molecule has 0 spiro atoms. The van der Waals surface area contributed by atoms with Crippen molar-refractivity contribution in [3.63, 3.8) is 0 Å². The van der Waals surface area contributed by atoms with Gasteiger partial charge in [-0.2, -0.15) is 0 Å². The number of ketones is 1. The quantitative estimate of drug-likeness (QED) is 0.861. The Hall–Kier alpha value is -1.94. The number of rotatable bonds is 5. The van der Waals surface area contributed by atoms with Gasteiger partial charge in [0.15, 0.2) is 5.78 Å². The molecule has 1 aliphatic rings. The first kappa shape index (κ1) is 15.0. The lowest BCUT2D eigenvalue weighted by Gasteiger charge is -2.22. The smallest absolute Gasteiger partial charge is 0.181 e. The number of carbonyl (C=O) groups is 1. The first-order valence-corrected chi connectivity index (χ1v) is 7.95. The number of methoxy groups -OCH3 is 1. The lowest BCUT2D eigenvalue weighted by Crippen LogP contribution is -2.30. The highest BCUT2D eigenvalue weighted by molar-refractivity contribution is 5.98. The zero-order valence-corrected chi connectivity index (χ0v) is 13.0. The number of pyridine rings is 1. The summed E-state index contributed by atoms with van der Waals surface area (Å²) >= 11 is 0. The summed E-state index contributed by atoms with van der Waals surface area (Å²) in [6, 6.07) is 9.52. The van der Waals surface area contributed by atoms with Gasteiger partial charge in [-0.1, -0.05) is 12.1 Å². The Morgan fingerprint density at radius 1 is 1.41 bits per heavy atom. The minimum absolute atomic E-state index is 0.106. The third kappa shape index (κ3) is 3.28. The number of carbonyl (C=O) groups excluding carboxylic acids is 1. The molecule has 1 aliphatic heterocycles. The number of Topliss-reactive ketones (excluding diaryl/α,β-unsaturated/α-hetero) is 1. The van der Waals surface area contributed by atoms with Gasteiger partial charge in [0, 0.05) is 17.9 Å². The maximum Gasteiger partial charge on any atom is 0.181 e. The van der Waals surface area contributed by atoms with E-state index in [9.17, 15) is 4.79 Å². The van der Waals surface area contributed by atoms with Gasteiger partial charge in [-0.05, 0) is 50.4 Å². The summed E-state index contributed by atoms with van der Waals surface area (Å²) < 4.78 is 5.41. The Balaban J connectivity index is 1.75. The molecule has 0 aliphatic carbocycles. The molecule has 4 heteroatoms. The number of fused-ring (bicyclic) bond motifs is 1. The van der Waals surface area contributed by atoms with Crippen molar-refractivity contribution in [2.24, 2.45) is 5.92 Å². The van der Waals surface area contributed by atoms with Crippen molar-refractivity contribution in [3.05, 3.63) is 36.0 Å². The monoisotopic (exact) mass is 298 g/mol. The van der Waals surface area contributed by atoms with Gasteiger partial charge in [0.25, 0.3) is 0 Å². The van der Waals surface area contributed by atoms with Gasteiger partial charge in [0.1, 0.15) is 11.4 Å². The molecule has 3 rings (SSSR count). The number of ether oxygens (including phenoxy) is 1. The van der Waals surface area contributed by atoms with Crippen LogP contribution in [-0.4, -0.2) is 31.0 Å². The molecule has 22 heavy (non-hydrogen) atoms. The fourth-order valence-electron chi connectivity index (χ4n) is 3.09. The van der Waals surface area contributed by atoms with Gasteiger partial charge in [0.05, 0.1) is 12.6 Å². The molecule has 1 atom stereocenters. The van der Waals surface area contributed by atoms with Gasteiger partial charge in [-0.3, -0.25) is 4.79 Å². The van der Waals surface area contributed by atoms with E-state index in [1.807, 2.05) is 24.3 Å². The molecular weight excluding hydrogens is 276 g/mol. The molecule has 0 bridgehead atoms. The molecule has 1 aromatic heterocycles. The van der Waals surface area contributed by atoms with Gasteiger partial charge < -0.3 is 10.1 Å². The van der Waals surface area contributed by atoms with Gasteiger partial charge in [0.2, 0.25) is 0 Å². The van der Waals surface area contributed by atoms with E-state index < -0.39 is 0 Å². The molecule has 4 nitrogen and oxygen atoms in total. The minimum Gasteiger partial charge on any atom is -0.496 e. The fraction of sp³-hybridized carbons (Fsp3) is 0.444. The predicted octanol–water partition coefficient (Wildman–Crippen LogP) is 3.21. The molecular formula is C18H22N2O2. The van der Waals surface area contributed by atoms with Crippen molar-refractivity contribution in [1.29, 1.82) is 0 Å². The molecule has 1 unspecified atom stereocenters. The van der Waals surface area contributed by atoms with Crippen molar-refractivity contribution in [3.8, 4) is 5.75 Å². The van der Waals surface area contributed by atoms with Gasteiger partial charge in [-0.25, -0.2) is 4.98 Å². The van der Waals surface area contributed by atoms with Crippen LogP contribution in [0.2, 0.25) is 0 Å². The van der Waals surface area contributed by atoms with Crippen molar-refractivity contribution in [2.75, 3.05) is 20.2 Å². The number of hydrogen-bond acceptors (Lipinski definition) is 4. The Bertz CT molecular complexity index is 663. The number of benzene rings is 1. The average molecular weight is 298 g/mol. The Morgan fingerprint density at radius 3 is 3.05 bits per heavy atom. The number of nitrogens with one attached hydrogen (secondary N) is 1. The molecule has 0 amide bonds. The van der Waals surface area contributed by atoms with Crippen LogP contribution in [-0.2, 0) is 0 Å². The SMILES string of the molecule is COc1cc(C(=O)CCC2CCCNC2)nc2ccccc12. The largest absolute Gasteiger partial charge is 0.496 e. The third-order valence-electron chi connectivity index (χ3n) is 4.36. The number of nitrogens with zero attached hydrogens (tertiary/aromatic N) is 1. The van der Waals surface area contributed by atoms with E-state index in [0.717, 1.165) is 30.4 Å². The molecule has 1 aromatic carbocycles. The minimum atomic E-state index is 0.106. The molecule has 1 N–H and O–H groups in total. The van der Waals surface area contributed by atoms with Crippen molar-refractivity contribution in [1.82, 2.24) is 10.3 Å².